The molecular formula is C5H4ClN3. The van der Waals surface area contributed by atoms with Gasteiger partial charge in [-0.15, -0.1) is 0 Å². The van der Waals surface area contributed by atoms with Crippen LogP contribution in [-0.2, 0) is 0 Å². The first-order valence-corrected chi connectivity index (χ1v) is 2.65. The summed E-state index contributed by atoms with van der Waals surface area (Å²) in [4.78, 5) is 10.9. The third-order valence-electron chi connectivity index (χ3n) is 0.748. The lowest BCUT2D eigenvalue weighted by Crippen LogP contribution is -1.76. The molecule has 0 aliphatic carbocycles. The van der Waals surface area contributed by atoms with E-state index in [9.17, 15) is 0 Å². The van der Waals surface area contributed by atoms with Crippen LogP contribution in [0.3, 0.4) is 0 Å². The fourth-order valence-corrected chi connectivity index (χ4v) is 0.485. The molecule has 1 aromatic rings. The molecule has 0 spiro atoms. The molecular weight excluding hydrogens is 138 g/mol. The van der Waals surface area contributed by atoms with Gasteiger partial charge in [-0.25, -0.2) is 15.0 Å². The monoisotopic (exact) mass is 141 g/mol. The molecule has 0 unspecified atom stereocenters. The maximum Gasteiger partial charge on any atom is 0.248 e. The molecule has 3 nitrogen and oxygen atoms in total. The van der Waals surface area contributed by atoms with E-state index in [0.29, 0.717) is 11.0 Å². The Balaban J connectivity index is 3.01. The first-order valence-electron chi connectivity index (χ1n) is 2.27. The molecule has 0 atom stereocenters. The Morgan fingerprint density at radius 3 is 2.44 bits per heavy atom. The maximum absolute atomic E-state index is 5.48. The molecule has 1 rings (SSSR count). The van der Waals surface area contributed by atoms with Crippen LogP contribution in [0.5, 0.6) is 0 Å². The first kappa shape index (κ1) is 6.16. The van der Waals surface area contributed by atoms with Gasteiger partial charge in [0.05, 0.1) is 17.4 Å². The predicted molar refractivity (Wildman–Crippen MR) is 36.3 cm³/mol. The second-order valence-electron chi connectivity index (χ2n) is 1.36. The first-order chi connectivity index (χ1) is 4.33. The lowest BCUT2D eigenvalue weighted by Gasteiger charge is -1.87. The summed E-state index contributed by atoms with van der Waals surface area (Å²) in [5, 5.41) is 0.502. The molecule has 46 valence electrons. The van der Waals surface area contributed by atoms with E-state index < -0.39 is 0 Å². The zero-order chi connectivity index (χ0) is 6.69. The topological polar surface area (TPSA) is 38.1 Å². The molecule has 0 saturated heterocycles. The average Bonchev–Trinajstić information content (AvgIpc) is 1.90. The van der Waals surface area contributed by atoms with E-state index in [0.717, 1.165) is 0 Å². The van der Waals surface area contributed by atoms with Crippen LogP contribution in [0.15, 0.2) is 17.4 Å². The lowest BCUT2D eigenvalue weighted by atomic mass is 10.7. The minimum Gasteiger partial charge on any atom is -0.228 e. The molecule has 0 radical (unpaired) electrons. The highest BCUT2D eigenvalue weighted by molar-refractivity contribution is 6.30. The van der Waals surface area contributed by atoms with E-state index in [2.05, 4.69) is 21.7 Å². The molecule has 0 amide bonds. The zero-order valence-corrected chi connectivity index (χ0v) is 5.34. The van der Waals surface area contributed by atoms with Crippen molar-refractivity contribution >= 4 is 24.3 Å². The molecule has 0 fully saturated rings. The van der Waals surface area contributed by atoms with Crippen LogP contribution in [0.2, 0.25) is 5.02 Å². The average molecular weight is 142 g/mol. The van der Waals surface area contributed by atoms with Crippen LogP contribution in [0, 0.1) is 0 Å². The van der Waals surface area contributed by atoms with Crippen LogP contribution < -0.4 is 0 Å². The second-order valence-corrected chi connectivity index (χ2v) is 1.80. The van der Waals surface area contributed by atoms with E-state index >= 15 is 0 Å². The Morgan fingerprint density at radius 2 is 2.00 bits per heavy atom. The number of hydrogen-bond donors (Lipinski definition) is 0. The smallest absolute Gasteiger partial charge is 0.228 e. The van der Waals surface area contributed by atoms with E-state index in [4.69, 9.17) is 11.6 Å². The van der Waals surface area contributed by atoms with E-state index in [1.54, 1.807) is 0 Å². The van der Waals surface area contributed by atoms with Crippen molar-refractivity contribution < 1.29 is 0 Å². The van der Waals surface area contributed by atoms with Gasteiger partial charge >= 0.3 is 0 Å². The number of hydrogen-bond acceptors (Lipinski definition) is 3. The molecule has 1 heterocycles. The normalized spacial score (nSPS) is 9.00. The van der Waals surface area contributed by atoms with Gasteiger partial charge in [0.25, 0.3) is 0 Å². The summed E-state index contributed by atoms with van der Waals surface area (Å²) in [6.45, 7) is 3.24. The van der Waals surface area contributed by atoms with Gasteiger partial charge in [0.15, 0.2) is 0 Å². The van der Waals surface area contributed by atoms with Crippen molar-refractivity contribution in [2.75, 3.05) is 0 Å². The van der Waals surface area contributed by atoms with Gasteiger partial charge in [0.2, 0.25) is 5.95 Å². The van der Waals surface area contributed by atoms with E-state index in [1.165, 1.54) is 12.4 Å². The number of rotatable bonds is 1. The van der Waals surface area contributed by atoms with Gasteiger partial charge < -0.3 is 0 Å². The quantitative estimate of drug-likeness (QED) is 0.556. The van der Waals surface area contributed by atoms with Crippen LogP contribution >= 0.6 is 11.6 Å². The Bertz CT molecular complexity index is 206. The fourth-order valence-electron chi connectivity index (χ4n) is 0.387. The Labute approximate surface area is 57.4 Å². The van der Waals surface area contributed by atoms with Crippen molar-refractivity contribution in [2.24, 2.45) is 4.99 Å². The predicted octanol–water partition coefficient (Wildman–Crippen LogP) is 1.46. The molecule has 0 bridgehead atoms. The lowest BCUT2D eigenvalue weighted by molar-refractivity contribution is 1.14. The van der Waals surface area contributed by atoms with E-state index in [-0.39, 0.29) is 0 Å². The molecule has 0 aromatic carbocycles. The standard InChI is InChI=1S/C5H4ClN3/c1-7-5-8-2-4(6)3-9-5/h2-3H,1H2. The largest absolute Gasteiger partial charge is 0.248 e. The molecule has 0 aliphatic rings. The SMILES string of the molecule is C=Nc1ncc(Cl)cn1. The fraction of sp³-hybridized carbons (Fsp3) is 0. The summed E-state index contributed by atoms with van der Waals surface area (Å²) in [6.07, 6.45) is 2.94. The van der Waals surface area contributed by atoms with Gasteiger partial charge in [-0.2, -0.15) is 0 Å². The Kier molecular flexibility index (Phi) is 1.75. The summed E-state index contributed by atoms with van der Waals surface area (Å²) >= 11 is 5.48. The summed E-state index contributed by atoms with van der Waals surface area (Å²) < 4.78 is 0. The third kappa shape index (κ3) is 1.47. The molecule has 4 heteroatoms. The van der Waals surface area contributed by atoms with Crippen LogP contribution in [0.25, 0.3) is 0 Å². The molecule has 0 N–H and O–H groups in total. The van der Waals surface area contributed by atoms with Crippen molar-refractivity contribution in [3.8, 4) is 0 Å². The van der Waals surface area contributed by atoms with Crippen LogP contribution in [-0.4, -0.2) is 16.7 Å². The van der Waals surface area contributed by atoms with Gasteiger partial charge in [0.1, 0.15) is 0 Å². The number of aliphatic imine (C=N–C) groups is 1. The van der Waals surface area contributed by atoms with Crippen LogP contribution in [0.4, 0.5) is 5.95 Å². The third-order valence-corrected chi connectivity index (χ3v) is 0.943. The Morgan fingerprint density at radius 1 is 1.44 bits per heavy atom. The maximum atomic E-state index is 5.48. The second kappa shape index (κ2) is 2.55. The highest BCUT2D eigenvalue weighted by Crippen LogP contribution is 2.06. The molecule has 9 heavy (non-hydrogen) atoms. The minimum absolute atomic E-state index is 0.347. The van der Waals surface area contributed by atoms with E-state index in [1.807, 2.05) is 0 Å². The van der Waals surface area contributed by atoms with Crippen molar-refractivity contribution in [1.82, 2.24) is 9.97 Å². The summed E-state index contributed by atoms with van der Waals surface area (Å²) in [7, 11) is 0. The zero-order valence-electron chi connectivity index (χ0n) is 4.58. The summed E-state index contributed by atoms with van der Waals surface area (Å²) in [5.41, 5.74) is 0. The molecule has 0 aliphatic heterocycles. The molecule has 0 saturated carbocycles. The van der Waals surface area contributed by atoms with Crippen molar-refractivity contribution in [1.29, 1.82) is 0 Å². The van der Waals surface area contributed by atoms with Gasteiger partial charge in [-0.05, 0) is 6.72 Å². The van der Waals surface area contributed by atoms with Gasteiger partial charge in [-0.1, -0.05) is 11.6 Å². The van der Waals surface area contributed by atoms with Crippen LogP contribution in [0.1, 0.15) is 0 Å². The van der Waals surface area contributed by atoms with Gasteiger partial charge in [-0.3, -0.25) is 0 Å². The number of halogens is 1. The highest BCUT2D eigenvalue weighted by atomic mass is 35.5. The Hall–Kier alpha value is -0.960. The van der Waals surface area contributed by atoms with Crippen molar-refractivity contribution in [3.63, 3.8) is 0 Å². The summed E-state index contributed by atoms with van der Waals surface area (Å²) in [5.74, 6) is 0.347. The molecule has 1 aromatic heterocycles. The van der Waals surface area contributed by atoms with Gasteiger partial charge in [0, 0.05) is 0 Å². The highest BCUT2D eigenvalue weighted by Gasteiger charge is 1.88. The van der Waals surface area contributed by atoms with Crippen molar-refractivity contribution in [3.05, 3.63) is 17.4 Å². The number of nitrogens with zero attached hydrogens (tertiary/aromatic N) is 3. The van der Waals surface area contributed by atoms with Crippen molar-refractivity contribution in [2.45, 2.75) is 0 Å². The number of aromatic nitrogens is 2. The minimum atomic E-state index is 0.347. The summed E-state index contributed by atoms with van der Waals surface area (Å²) in [6, 6.07) is 0.